The molecule has 1 aliphatic rings. The molecule has 2 aromatic rings. The fourth-order valence-electron chi connectivity index (χ4n) is 2.92. The number of rotatable bonds is 1. The summed E-state index contributed by atoms with van der Waals surface area (Å²) in [5.41, 5.74) is 2.87. The van der Waals surface area contributed by atoms with Crippen molar-refractivity contribution in [3.05, 3.63) is 59.9 Å². The van der Waals surface area contributed by atoms with Gasteiger partial charge in [0.05, 0.1) is 17.1 Å². The summed E-state index contributed by atoms with van der Waals surface area (Å²) in [4.78, 5) is 18.2. The van der Waals surface area contributed by atoms with Gasteiger partial charge in [0, 0.05) is 24.9 Å². The molecule has 0 fully saturated rings. The number of para-hydroxylation sites is 2. The molecular formula is C18H17FN2O. The zero-order valence-corrected chi connectivity index (χ0v) is 12.6. The van der Waals surface area contributed by atoms with Crippen LogP contribution in [-0.2, 0) is 4.79 Å². The molecule has 22 heavy (non-hydrogen) atoms. The summed E-state index contributed by atoms with van der Waals surface area (Å²) < 4.78 is 13.9. The summed E-state index contributed by atoms with van der Waals surface area (Å²) in [6, 6.07) is 14.1. The van der Waals surface area contributed by atoms with Crippen LogP contribution in [0, 0.1) is 5.82 Å². The first-order valence-corrected chi connectivity index (χ1v) is 7.29. The zero-order valence-electron chi connectivity index (χ0n) is 12.6. The topological polar surface area (TPSA) is 32.7 Å². The number of hydrogen-bond donors (Lipinski definition) is 0. The number of carbonyl (C=O) groups excluding carboxylic acids is 1. The number of anilines is 1. The summed E-state index contributed by atoms with van der Waals surface area (Å²) in [7, 11) is 0. The molecule has 0 N–H and O–H groups in total. The van der Waals surface area contributed by atoms with E-state index in [-0.39, 0.29) is 17.8 Å². The van der Waals surface area contributed by atoms with Crippen LogP contribution < -0.4 is 4.90 Å². The van der Waals surface area contributed by atoms with Crippen molar-refractivity contribution in [2.24, 2.45) is 4.99 Å². The van der Waals surface area contributed by atoms with E-state index in [4.69, 9.17) is 0 Å². The van der Waals surface area contributed by atoms with E-state index in [9.17, 15) is 9.18 Å². The van der Waals surface area contributed by atoms with Crippen molar-refractivity contribution in [1.82, 2.24) is 0 Å². The van der Waals surface area contributed by atoms with Crippen LogP contribution in [0.4, 0.5) is 15.8 Å². The SMILES string of the molecule is CC(=O)N1c2ccccc2C(=Nc2ccccc2F)CC1C. The Morgan fingerprint density at radius 3 is 2.59 bits per heavy atom. The first-order valence-electron chi connectivity index (χ1n) is 7.29. The molecule has 2 aromatic carbocycles. The highest BCUT2D eigenvalue weighted by molar-refractivity contribution is 6.12. The molecule has 1 aliphatic heterocycles. The number of aliphatic imine (C=N–C) groups is 1. The molecule has 0 saturated carbocycles. The largest absolute Gasteiger partial charge is 0.309 e. The van der Waals surface area contributed by atoms with Gasteiger partial charge in [-0.05, 0) is 25.1 Å². The molecule has 4 heteroatoms. The average molecular weight is 296 g/mol. The minimum atomic E-state index is -0.339. The molecule has 3 rings (SSSR count). The Kier molecular flexibility index (Phi) is 3.75. The first-order chi connectivity index (χ1) is 10.6. The van der Waals surface area contributed by atoms with E-state index in [1.807, 2.05) is 31.2 Å². The van der Waals surface area contributed by atoms with Crippen molar-refractivity contribution in [2.75, 3.05) is 4.90 Å². The quantitative estimate of drug-likeness (QED) is 0.780. The Balaban J connectivity index is 2.13. The number of fused-ring (bicyclic) bond motifs is 1. The van der Waals surface area contributed by atoms with Crippen LogP contribution in [0.3, 0.4) is 0 Å². The molecule has 0 radical (unpaired) electrons. The summed E-state index contributed by atoms with van der Waals surface area (Å²) >= 11 is 0. The Hall–Kier alpha value is -2.49. The van der Waals surface area contributed by atoms with Crippen molar-refractivity contribution < 1.29 is 9.18 Å². The molecule has 1 amide bonds. The summed E-state index contributed by atoms with van der Waals surface area (Å²) in [6.07, 6.45) is 0.602. The average Bonchev–Trinajstić information content (AvgIpc) is 2.49. The highest BCUT2D eigenvalue weighted by atomic mass is 19.1. The highest BCUT2D eigenvalue weighted by Crippen LogP contribution is 2.32. The molecular weight excluding hydrogens is 279 g/mol. The van der Waals surface area contributed by atoms with Crippen LogP contribution in [0.25, 0.3) is 0 Å². The lowest BCUT2D eigenvalue weighted by Gasteiger charge is -2.35. The van der Waals surface area contributed by atoms with Crippen LogP contribution in [0.1, 0.15) is 25.8 Å². The van der Waals surface area contributed by atoms with Gasteiger partial charge in [-0.2, -0.15) is 0 Å². The third-order valence-electron chi connectivity index (χ3n) is 3.85. The van der Waals surface area contributed by atoms with E-state index >= 15 is 0 Å². The molecule has 0 aromatic heterocycles. The molecule has 3 nitrogen and oxygen atoms in total. The van der Waals surface area contributed by atoms with Gasteiger partial charge < -0.3 is 4.90 Å². The minimum Gasteiger partial charge on any atom is -0.309 e. The van der Waals surface area contributed by atoms with E-state index < -0.39 is 0 Å². The molecule has 112 valence electrons. The van der Waals surface area contributed by atoms with Gasteiger partial charge in [-0.15, -0.1) is 0 Å². The van der Waals surface area contributed by atoms with E-state index in [0.717, 1.165) is 17.0 Å². The van der Waals surface area contributed by atoms with Gasteiger partial charge in [-0.25, -0.2) is 9.38 Å². The molecule has 0 saturated heterocycles. The molecule has 1 unspecified atom stereocenters. The number of halogens is 1. The standard InChI is InChI=1S/C18H17FN2O/c1-12-11-17(20-16-9-5-4-8-15(16)19)14-7-3-6-10-18(14)21(12)13(2)22/h3-10,12H,11H2,1-2H3. The van der Waals surface area contributed by atoms with Crippen LogP contribution in [0.2, 0.25) is 0 Å². The monoisotopic (exact) mass is 296 g/mol. The number of carbonyl (C=O) groups is 1. The predicted octanol–water partition coefficient (Wildman–Crippen LogP) is 4.09. The fourth-order valence-corrected chi connectivity index (χ4v) is 2.92. The molecule has 1 atom stereocenters. The summed E-state index contributed by atoms with van der Waals surface area (Å²) in [6.45, 7) is 3.54. The lowest BCUT2D eigenvalue weighted by molar-refractivity contribution is -0.117. The smallest absolute Gasteiger partial charge is 0.224 e. The third-order valence-corrected chi connectivity index (χ3v) is 3.85. The summed E-state index contributed by atoms with van der Waals surface area (Å²) in [5, 5.41) is 0. The van der Waals surface area contributed by atoms with Crippen LogP contribution in [0.5, 0.6) is 0 Å². The maximum atomic E-state index is 13.9. The number of amides is 1. The number of benzene rings is 2. The Labute approximate surface area is 129 Å². The normalized spacial score (nSPS) is 19.1. The van der Waals surface area contributed by atoms with Crippen molar-refractivity contribution in [3.8, 4) is 0 Å². The lowest BCUT2D eigenvalue weighted by Crippen LogP contribution is -2.42. The van der Waals surface area contributed by atoms with E-state index in [1.54, 1.807) is 30.0 Å². The minimum absolute atomic E-state index is 0.00192. The second kappa shape index (κ2) is 5.72. The number of hydrogen-bond acceptors (Lipinski definition) is 2. The van der Waals surface area contributed by atoms with E-state index in [0.29, 0.717) is 12.1 Å². The van der Waals surface area contributed by atoms with Gasteiger partial charge >= 0.3 is 0 Å². The van der Waals surface area contributed by atoms with Crippen molar-refractivity contribution in [2.45, 2.75) is 26.3 Å². The molecule has 0 aliphatic carbocycles. The zero-order chi connectivity index (χ0) is 15.7. The highest BCUT2D eigenvalue weighted by Gasteiger charge is 2.29. The predicted molar refractivity (Wildman–Crippen MR) is 86.3 cm³/mol. The van der Waals surface area contributed by atoms with Gasteiger partial charge in [0.2, 0.25) is 5.91 Å². The molecule has 0 spiro atoms. The third kappa shape index (κ3) is 2.52. The van der Waals surface area contributed by atoms with Crippen molar-refractivity contribution in [3.63, 3.8) is 0 Å². The van der Waals surface area contributed by atoms with Gasteiger partial charge in [-0.1, -0.05) is 30.3 Å². The van der Waals surface area contributed by atoms with Crippen molar-refractivity contribution >= 4 is 23.0 Å². The van der Waals surface area contributed by atoms with Crippen LogP contribution >= 0.6 is 0 Å². The van der Waals surface area contributed by atoms with E-state index in [2.05, 4.69) is 4.99 Å². The summed E-state index contributed by atoms with van der Waals surface area (Å²) in [5.74, 6) is -0.334. The van der Waals surface area contributed by atoms with Crippen LogP contribution in [0.15, 0.2) is 53.5 Å². The maximum absolute atomic E-state index is 13.9. The van der Waals surface area contributed by atoms with Gasteiger partial charge in [0.15, 0.2) is 0 Å². The van der Waals surface area contributed by atoms with Gasteiger partial charge in [0.1, 0.15) is 5.82 Å². The fraction of sp³-hybridized carbons (Fsp3) is 0.222. The Morgan fingerprint density at radius 2 is 1.86 bits per heavy atom. The second-order valence-electron chi connectivity index (χ2n) is 5.47. The number of nitrogens with zero attached hydrogens (tertiary/aromatic N) is 2. The second-order valence-corrected chi connectivity index (χ2v) is 5.47. The first kappa shape index (κ1) is 14.4. The molecule has 0 bridgehead atoms. The Morgan fingerprint density at radius 1 is 1.18 bits per heavy atom. The Bertz CT molecular complexity index is 754. The van der Waals surface area contributed by atoms with Gasteiger partial charge in [-0.3, -0.25) is 4.79 Å². The van der Waals surface area contributed by atoms with Gasteiger partial charge in [0.25, 0.3) is 0 Å². The molecule has 1 heterocycles. The van der Waals surface area contributed by atoms with Crippen molar-refractivity contribution in [1.29, 1.82) is 0 Å². The van der Waals surface area contributed by atoms with E-state index in [1.165, 1.54) is 6.07 Å². The lowest BCUT2D eigenvalue weighted by atomic mass is 9.94. The maximum Gasteiger partial charge on any atom is 0.224 e. The van der Waals surface area contributed by atoms with Crippen LogP contribution in [-0.4, -0.2) is 17.7 Å².